The number of rotatable bonds is 3. The molecule has 0 fully saturated rings. The van der Waals surface area contributed by atoms with Gasteiger partial charge in [-0.3, -0.25) is 10.1 Å². The van der Waals surface area contributed by atoms with E-state index in [0.717, 1.165) is 15.6 Å². The van der Waals surface area contributed by atoms with E-state index >= 15 is 0 Å². The largest absolute Gasteiger partial charge is 0.390 e. The van der Waals surface area contributed by atoms with E-state index in [9.17, 15) is 15.2 Å². The Morgan fingerprint density at radius 2 is 2.05 bits per heavy atom. The van der Waals surface area contributed by atoms with Crippen LogP contribution in [0.1, 0.15) is 17.2 Å². The molecule has 6 heteroatoms. The van der Waals surface area contributed by atoms with Crippen LogP contribution in [0, 0.1) is 10.1 Å². The number of aliphatic hydroxyl groups excluding tert-OH is 1. The zero-order valence-corrected chi connectivity index (χ0v) is 12.6. The maximum atomic E-state index is 11.1. The lowest BCUT2D eigenvalue weighted by atomic mass is 10.1. The van der Waals surface area contributed by atoms with Crippen molar-refractivity contribution in [2.45, 2.75) is 18.6 Å². The number of fused-ring (bicyclic) bond motifs is 1. The molecule has 108 valence electrons. The predicted octanol–water partition coefficient (Wildman–Crippen LogP) is 3.43. The number of hydrogen-bond acceptors (Lipinski definition) is 4. The molecule has 2 N–H and O–H groups in total. The lowest BCUT2D eigenvalue weighted by molar-refractivity contribution is -0.384. The second-order valence-electron chi connectivity index (χ2n) is 5.01. The molecule has 1 aliphatic rings. The first-order valence-corrected chi connectivity index (χ1v) is 7.32. The number of benzene rings is 2. The molecule has 1 aliphatic carbocycles. The topological polar surface area (TPSA) is 75.4 Å². The molecule has 0 spiro atoms. The maximum absolute atomic E-state index is 11.1. The Kier molecular flexibility index (Phi) is 3.65. The Hall–Kier alpha value is -1.92. The van der Waals surface area contributed by atoms with Crippen LogP contribution in [0.15, 0.2) is 46.9 Å². The number of aliphatic hydroxyl groups is 1. The van der Waals surface area contributed by atoms with Crippen molar-refractivity contribution in [2.24, 2.45) is 0 Å². The van der Waals surface area contributed by atoms with Crippen molar-refractivity contribution < 1.29 is 10.0 Å². The van der Waals surface area contributed by atoms with E-state index in [2.05, 4.69) is 21.2 Å². The van der Waals surface area contributed by atoms with Crippen molar-refractivity contribution in [2.75, 3.05) is 5.32 Å². The third kappa shape index (κ3) is 2.64. The van der Waals surface area contributed by atoms with Crippen LogP contribution >= 0.6 is 15.9 Å². The maximum Gasteiger partial charge on any atom is 0.292 e. The minimum absolute atomic E-state index is 0.00483. The van der Waals surface area contributed by atoms with Crippen LogP contribution in [0.2, 0.25) is 0 Å². The van der Waals surface area contributed by atoms with E-state index in [1.54, 1.807) is 12.1 Å². The normalized spacial score (nSPS) is 20.1. The van der Waals surface area contributed by atoms with Crippen LogP contribution in [-0.4, -0.2) is 16.1 Å². The fourth-order valence-electron chi connectivity index (χ4n) is 2.70. The minimum atomic E-state index is -0.596. The highest BCUT2D eigenvalue weighted by molar-refractivity contribution is 9.10. The summed E-state index contributed by atoms with van der Waals surface area (Å²) in [6.45, 7) is 0. The molecule has 0 heterocycles. The van der Waals surface area contributed by atoms with Gasteiger partial charge in [-0.25, -0.2) is 0 Å². The number of nitro benzene ring substituents is 1. The highest BCUT2D eigenvalue weighted by atomic mass is 79.9. The van der Waals surface area contributed by atoms with Gasteiger partial charge in [-0.1, -0.05) is 40.2 Å². The Balaban J connectivity index is 1.97. The summed E-state index contributed by atoms with van der Waals surface area (Å²) in [5.74, 6) is 0. The quantitative estimate of drug-likeness (QED) is 0.658. The lowest BCUT2D eigenvalue weighted by Crippen LogP contribution is -2.21. The van der Waals surface area contributed by atoms with Gasteiger partial charge in [0.2, 0.25) is 0 Å². The summed E-state index contributed by atoms with van der Waals surface area (Å²) in [6.07, 6.45) is -0.0451. The number of nitrogens with one attached hydrogen (secondary N) is 1. The van der Waals surface area contributed by atoms with E-state index in [1.807, 2.05) is 24.3 Å². The van der Waals surface area contributed by atoms with Gasteiger partial charge < -0.3 is 10.4 Å². The summed E-state index contributed by atoms with van der Waals surface area (Å²) in [4.78, 5) is 10.7. The molecule has 0 aliphatic heterocycles. The number of nitro groups is 1. The molecule has 2 aromatic rings. The molecule has 2 aromatic carbocycles. The Bertz CT molecular complexity index is 705. The Morgan fingerprint density at radius 1 is 1.29 bits per heavy atom. The highest BCUT2D eigenvalue weighted by Gasteiger charge is 2.32. The van der Waals surface area contributed by atoms with Crippen LogP contribution in [0.3, 0.4) is 0 Å². The molecule has 5 nitrogen and oxygen atoms in total. The predicted molar refractivity (Wildman–Crippen MR) is 83.3 cm³/mol. The number of nitrogens with zero attached hydrogens (tertiary/aromatic N) is 1. The van der Waals surface area contributed by atoms with Gasteiger partial charge in [0.1, 0.15) is 5.69 Å². The van der Waals surface area contributed by atoms with Gasteiger partial charge in [0, 0.05) is 17.0 Å². The van der Waals surface area contributed by atoms with Gasteiger partial charge in [0.05, 0.1) is 17.1 Å². The number of hydrogen-bond donors (Lipinski definition) is 2. The zero-order valence-electron chi connectivity index (χ0n) is 11.0. The monoisotopic (exact) mass is 348 g/mol. The first-order valence-electron chi connectivity index (χ1n) is 6.52. The van der Waals surface area contributed by atoms with E-state index in [-0.39, 0.29) is 11.7 Å². The zero-order chi connectivity index (χ0) is 15.0. The van der Waals surface area contributed by atoms with Gasteiger partial charge in [0.15, 0.2) is 0 Å². The third-order valence-electron chi connectivity index (χ3n) is 3.67. The van der Waals surface area contributed by atoms with Crippen molar-refractivity contribution in [1.29, 1.82) is 0 Å². The number of halogens is 1. The van der Waals surface area contributed by atoms with Crippen molar-refractivity contribution >= 4 is 27.3 Å². The highest BCUT2D eigenvalue weighted by Crippen LogP contribution is 2.37. The summed E-state index contributed by atoms with van der Waals surface area (Å²) >= 11 is 3.32. The van der Waals surface area contributed by atoms with Gasteiger partial charge in [-0.2, -0.15) is 0 Å². The fraction of sp³-hybridized carbons (Fsp3) is 0.200. The standard InChI is InChI=1S/C15H13BrN2O3/c16-10-5-6-13(18(20)21)12(8-10)17-15-11-4-2-1-3-9(11)7-14(15)19/h1-6,8,14-15,17,19H,7H2/t14-,15+/m1/s1. The van der Waals surface area contributed by atoms with E-state index in [4.69, 9.17) is 0 Å². The van der Waals surface area contributed by atoms with E-state index in [0.29, 0.717) is 12.1 Å². The third-order valence-corrected chi connectivity index (χ3v) is 4.16. The van der Waals surface area contributed by atoms with E-state index in [1.165, 1.54) is 6.07 Å². The Morgan fingerprint density at radius 3 is 2.81 bits per heavy atom. The molecule has 0 radical (unpaired) electrons. The molecule has 3 rings (SSSR count). The van der Waals surface area contributed by atoms with Gasteiger partial charge in [0.25, 0.3) is 5.69 Å². The molecule has 0 amide bonds. The summed E-state index contributed by atoms with van der Waals surface area (Å²) in [7, 11) is 0. The first-order chi connectivity index (χ1) is 10.1. The summed E-state index contributed by atoms with van der Waals surface area (Å²) in [5, 5.41) is 24.5. The fourth-order valence-corrected chi connectivity index (χ4v) is 3.06. The molecule has 2 atom stereocenters. The molecule has 0 saturated carbocycles. The molecular weight excluding hydrogens is 336 g/mol. The summed E-state index contributed by atoms with van der Waals surface area (Å²) in [5.41, 5.74) is 2.45. The second kappa shape index (κ2) is 5.46. The van der Waals surface area contributed by atoms with Crippen LogP contribution < -0.4 is 5.32 Å². The van der Waals surface area contributed by atoms with Crippen molar-refractivity contribution in [3.05, 3.63) is 68.2 Å². The summed E-state index contributed by atoms with van der Waals surface area (Å²) in [6, 6.07) is 12.1. The Labute approximate surface area is 129 Å². The summed E-state index contributed by atoms with van der Waals surface area (Å²) < 4.78 is 0.747. The average molecular weight is 349 g/mol. The van der Waals surface area contributed by atoms with E-state index < -0.39 is 11.0 Å². The SMILES string of the molecule is O=[N+]([O-])c1ccc(Br)cc1N[C@H]1c2ccccc2C[C@H]1O. The smallest absolute Gasteiger partial charge is 0.292 e. The van der Waals surface area contributed by atoms with Crippen LogP contribution in [0.5, 0.6) is 0 Å². The average Bonchev–Trinajstić information content (AvgIpc) is 2.75. The van der Waals surface area contributed by atoms with Crippen LogP contribution in [0.25, 0.3) is 0 Å². The molecule has 0 saturated heterocycles. The van der Waals surface area contributed by atoms with Gasteiger partial charge in [-0.15, -0.1) is 0 Å². The molecule has 21 heavy (non-hydrogen) atoms. The number of anilines is 1. The molecule has 0 aromatic heterocycles. The van der Waals surface area contributed by atoms with Crippen molar-refractivity contribution in [3.63, 3.8) is 0 Å². The van der Waals surface area contributed by atoms with Crippen molar-refractivity contribution in [3.8, 4) is 0 Å². The van der Waals surface area contributed by atoms with Crippen LogP contribution in [-0.2, 0) is 6.42 Å². The van der Waals surface area contributed by atoms with Gasteiger partial charge in [-0.05, 0) is 23.3 Å². The van der Waals surface area contributed by atoms with Crippen LogP contribution in [0.4, 0.5) is 11.4 Å². The second-order valence-corrected chi connectivity index (χ2v) is 5.93. The van der Waals surface area contributed by atoms with Crippen molar-refractivity contribution in [1.82, 2.24) is 0 Å². The first kappa shape index (κ1) is 14.0. The minimum Gasteiger partial charge on any atom is -0.390 e. The molecule has 0 bridgehead atoms. The molecule has 0 unspecified atom stereocenters. The molecular formula is C15H13BrN2O3. The van der Waals surface area contributed by atoms with Gasteiger partial charge >= 0.3 is 0 Å². The lowest BCUT2D eigenvalue weighted by Gasteiger charge is -2.19.